The van der Waals surface area contributed by atoms with Crippen LogP contribution in [0.3, 0.4) is 0 Å². The predicted octanol–water partition coefficient (Wildman–Crippen LogP) is 1.40. The fourth-order valence-corrected chi connectivity index (χ4v) is 3.95. The number of hydrogen-bond acceptors (Lipinski definition) is 4. The van der Waals surface area contributed by atoms with Gasteiger partial charge in [-0.25, -0.2) is 8.42 Å². The lowest BCUT2D eigenvalue weighted by Crippen LogP contribution is -2.47. The van der Waals surface area contributed by atoms with E-state index in [2.05, 4.69) is 24.1 Å². The van der Waals surface area contributed by atoms with Crippen molar-refractivity contribution in [2.45, 2.75) is 25.2 Å². The maximum atomic E-state index is 12.6. The zero-order valence-electron chi connectivity index (χ0n) is 14.7. The Labute approximate surface area is 144 Å². The number of likely N-dealkylation sites (N-methyl/N-ethyl adjacent to an activating group) is 1. The van der Waals surface area contributed by atoms with E-state index >= 15 is 0 Å². The maximum Gasteiger partial charge on any atom is 0.251 e. The first-order chi connectivity index (χ1) is 11.3. The van der Waals surface area contributed by atoms with Crippen LogP contribution in [0.2, 0.25) is 0 Å². The Hall–Kier alpha value is -1.44. The molecule has 0 unspecified atom stereocenters. The standard InChI is InChI=1S/C17H27N3O3S/c1-14(2)8-9-18-17(21)15-4-6-16(7-5-15)24(22,23)20-12-10-19(3)11-13-20/h4-7,14H,8-13H2,1-3H3,(H,18,21). The first kappa shape index (κ1) is 18.9. The maximum absolute atomic E-state index is 12.6. The van der Waals surface area contributed by atoms with E-state index in [9.17, 15) is 13.2 Å². The molecular formula is C17H27N3O3S. The van der Waals surface area contributed by atoms with Crippen molar-refractivity contribution in [2.75, 3.05) is 39.8 Å². The smallest absolute Gasteiger partial charge is 0.251 e. The molecule has 1 heterocycles. The highest BCUT2D eigenvalue weighted by molar-refractivity contribution is 7.89. The molecule has 0 spiro atoms. The van der Waals surface area contributed by atoms with Crippen molar-refractivity contribution in [3.63, 3.8) is 0 Å². The minimum Gasteiger partial charge on any atom is -0.352 e. The lowest BCUT2D eigenvalue weighted by atomic mass is 10.1. The molecule has 0 bridgehead atoms. The summed E-state index contributed by atoms with van der Waals surface area (Å²) in [6.07, 6.45) is 0.918. The van der Waals surface area contributed by atoms with E-state index in [1.165, 1.54) is 16.4 Å². The molecule has 7 heteroatoms. The number of benzene rings is 1. The zero-order valence-corrected chi connectivity index (χ0v) is 15.5. The molecule has 1 amide bonds. The highest BCUT2D eigenvalue weighted by Gasteiger charge is 2.27. The number of carbonyl (C=O) groups is 1. The molecule has 1 saturated heterocycles. The van der Waals surface area contributed by atoms with Gasteiger partial charge in [0.05, 0.1) is 4.90 Å². The van der Waals surface area contributed by atoms with Crippen LogP contribution in [0.4, 0.5) is 0 Å². The van der Waals surface area contributed by atoms with Gasteiger partial charge >= 0.3 is 0 Å². The van der Waals surface area contributed by atoms with Crippen LogP contribution >= 0.6 is 0 Å². The van der Waals surface area contributed by atoms with Gasteiger partial charge in [-0.1, -0.05) is 13.8 Å². The highest BCUT2D eigenvalue weighted by Crippen LogP contribution is 2.18. The topological polar surface area (TPSA) is 69.7 Å². The van der Waals surface area contributed by atoms with Gasteiger partial charge in [0.2, 0.25) is 10.0 Å². The third-order valence-corrected chi connectivity index (χ3v) is 6.14. The number of amides is 1. The summed E-state index contributed by atoms with van der Waals surface area (Å²) in [4.78, 5) is 14.4. The lowest BCUT2D eigenvalue weighted by Gasteiger charge is -2.31. The van der Waals surface area contributed by atoms with Crippen molar-refractivity contribution < 1.29 is 13.2 Å². The summed E-state index contributed by atoms with van der Waals surface area (Å²) in [7, 11) is -1.50. The van der Waals surface area contributed by atoms with Gasteiger partial charge in [-0.15, -0.1) is 0 Å². The van der Waals surface area contributed by atoms with Gasteiger partial charge < -0.3 is 10.2 Å². The molecule has 0 saturated carbocycles. The Morgan fingerprint density at radius 1 is 1.12 bits per heavy atom. The lowest BCUT2D eigenvalue weighted by molar-refractivity contribution is 0.0952. The van der Waals surface area contributed by atoms with E-state index in [-0.39, 0.29) is 10.8 Å². The van der Waals surface area contributed by atoms with Crippen LogP contribution in [-0.4, -0.2) is 63.3 Å². The van der Waals surface area contributed by atoms with Crippen molar-refractivity contribution in [3.05, 3.63) is 29.8 Å². The van der Waals surface area contributed by atoms with Crippen LogP contribution in [0.25, 0.3) is 0 Å². The van der Waals surface area contributed by atoms with E-state index < -0.39 is 10.0 Å². The number of nitrogens with zero attached hydrogens (tertiary/aromatic N) is 2. The molecule has 0 radical (unpaired) electrons. The van der Waals surface area contributed by atoms with Crippen LogP contribution < -0.4 is 5.32 Å². The quantitative estimate of drug-likeness (QED) is 0.839. The minimum atomic E-state index is -3.48. The largest absolute Gasteiger partial charge is 0.352 e. The van der Waals surface area contributed by atoms with Crippen molar-refractivity contribution in [3.8, 4) is 0 Å². The molecule has 2 rings (SSSR count). The van der Waals surface area contributed by atoms with Gasteiger partial charge in [0.15, 0.2) is 0 Å². The average molecular weight is 353 g/mol. The molecule has 0 aromatic heterocycles. The molecular weight excluding hydrogens is 326 g/mol. The zero-order chi connectivity index (χ0) is 17.7. The Balaban J connectivity index is 2.01. The molecule has 1 aromatic rings. The Kier molecular flexibility index (Phi) is 6.37. The Bertz CT molecular complexity index is 648. The Morgan fingerprint density at radius 3 is 2.25 bits per heavy atom. The van der Waals surface area contributed by atoms with Crippen molar-refractivity contribution in [2.24, 2.45) is 5.92 Å². The van der Waals surface area contributed by atoms with E-state index in [0.717, 1.165) is 19.5 Å². The van der Waals surface area contributed by atoms with Gasteiger partial charge in [-0.2, -0.15) is 4.31 Å². The van der Waals surface area contributed by atoms with E-state index in [4.69, 9.17) is 0 Å². The van der Waals surface area contributed by atoms with Crippen molar-refractivity contribution in [1.82, 2.24) is 14.5 Å². The first-order valence-electron chi connectivity index (χ1n) is 8.37. The number of carbonyl (C=O) groups excluding carboxylic acids is 1. The number of nitrogens with one attached hydrogen (secondary N) is 1. The summed E-state index contributed by atoms with van der Waals surface area (Å²) in [5, 5.41) is 2.85. The SMILES string of the molecule is CC(C)CCNC(=O)c1ccc(S(=O)(=O)N2CCN(C)CC2)cc1. The molecule has 0 atom stereocenters. The summed E-state index contributed by atoms with van der Waals surface area (Å²) < 4.78 is 26.8. The monoisotopic (exact) mass is 353 g/mol. The molecule has 1 aliphatic rings. The van der Waals surface area contributed by atoms with E-state index in [0.29, 0.717) is 31.1 Å². The normalized spacial score (nSPS) is 17.2. The summed E-state index contributed by atoms with van der Waals surface area (Å²) in [5.41, 5.74) is 0.482. The number of rotatable bonds is 6. The van der Waals surface area contributed by atoms with Gasteiger partial charge in [0.1, 0.15) is 0 Å². The molecule has 1 fully saturated rings. The van der Waals surface area contributed by atoms with Crippen LogP contribution in [0.5, 0.6) is 0 Å². The summed E-state index contributed by atoms with van der Waals surface area (Å²) in [6, 6.07) is 6.19. The van der Waals surface area contributed by atoms with E-state index in [1.54, 1.807) is 12.1 Å². The summed E-state index contributed by atoms with van der Waals surface area (Å²) in [6.45, 7) is 7.28. The van der Waals surface area contributed by atoms with Crippen LogP contribution in [0.15, 0.2) is 29.2 Å². The van der Waals surface area contributed by atoms with Crippen molar-refractivity contribution in [1.29, 1.82) is 0 Å². The predicted molar refractivity (Wildman–Crippen MR) is 94.5 cm³/mol. The summed E-state index contributed by atoms with van der Waals surface area (Å²) >= 11 is 0. The van der Waals surface area contributed by atoms with E-state index in [1.807, 2.05) is 7.05 Å². The number of sulfonamides is 1. The van der Waals surface area contributed by atoms with Gasteiger partial charge in [-0.3, -0.25) is 4.79 Å². The van der Waals surface area contributed by atoms with Gasteiger partial charge in [0, 0.05) is 38.3 Å². The Morgan fingerprint density at radius 2 is 1.71 bits per heavy atom. The first-order valence-corrected chi connectivity index (χ1v) is 9.81. The van der Waals surface area contributed by atoms with Gasteiger partial charge in [-0.05, 0) is 43.7 Å². The molecule has 0 aliphatic carbocycles. The highest BCUT2D eigenvalue weighted by atomic mass is 32.2. The molecule has 1 aliphatic heterocycles. The second-order valence-electron chi connectivity index (χ2n) is 6.67. The second-order valence-corrected chi connectivity index (χ2v) is 8.61. The molecule has 6 nitrogen and oxygen atoms in total. The summed E-state index contributed by atoms with van der Waals surface area (Å²) in [5.74, 6) is 0.362. The van der Waals surface area contributed by atoms with Gasteiger partial charge in [0.25, 0.3) is 5.91 Å². The number of hydrogen-bond donors (Lipinski definition) is 1. The van der Waals surface area contributed by atoms with Crippen molar-refractivity contribution >= 4 is 15.9 Å². The third kappa shape index (κ3) is 4.78. The molecule has 24 heavy (non-hydrogen) atoms. The fraction of sp³-hybridized carbons (Fsp3) is 0.588. The molecule has 1 aromatic carbocycles. The fourth-order valence-electron chi connectivity index (χ4n) is 2.53. The molecule has 134 valence electrons. The molecule has 1 N–H and O–H groups in total. The van der Waals surface area contributed by atoms with Crippen LogP contribution in [0.1, 0.15) is 30.6 Å². The second kappa shape index (κ2) is 8.09. The van der Waals surface area contributed by atoms with Crippen LogP contribution in [0, 0.1) is 5.92 Å². The average Bonchev–Trinajstić information content (AvgIpc) is 2.55. The number of piperazine rings is 1. The minimum absolute atomic E-state index is 0.167. The third-order valence-electron chi connectivity index (χ3n) is 4.22. The van der Waals surface area contributed by atoms with Crippen LogP contribution in [-0.2, 0) is 10.0 Å².